The Bertz CT molecular complexity index is 598. The first-order valence-electron chi connectivity index (χ1n) is 8.72. The summed E-state index contributed by atoms with van der Waals surface area (Å²) in [6, 6.07) is 17.1. The summed E-state index contributed by atoms with van der Waals surface area (Å²) in [5.74, 6) is -0.104. The fourth-order valence-corrected chi connectivity index (χ4v) is 3.02. The molecule has 4 N–H and O–H groups in total. The first kappa shape index (κ1) is 18.7. The summed E-state index contributed by atoms with van der Waals surface area (Å²) in [7, 11) is 0. The van der Waals surface area contributed by atoms with Gasteiger partial charge in [-0.15, -0.1) is 0 Å². The number of hydrogen-bond acceptors (Lipinski definition) is 1. The van der Waals surface area contributed by atoms with Crippen LogP contribution >= 0.6 is 0 Å². The molecular formula is C22H32NO+. The van der Waals surface area contributed by atoms with Gasteiger partial charge >= 0.3 is 0 Å². The highest BCUT2D eigenvalue weighted by Gasteiger charge is 2.24. The van der Waals surface area contributed by atoms with Crippen molar-refractivity contribution in [3.8, 4) is 0 Å². The molecule has 0 bridgehead atoms. The summed E-state index contributed by atoms with van der Waals surface area (Å²) in [6.07, 6.45) is -0.675. The third-order valence-electron chi connectivity index (χ3n) is 4.66. The Balaban J connectivity index is 2.36. The summed E-state index contributed by atoms with van der Waals surface area (Å²) in [4.78, 5) is 0. The molecule has 0 radical (unpaired) electrons. The number of benzene rings is 2. The lowest BCUT2D eigenvalue weighted by atomic mass is 9.82. The molecule has 0 amide bonds. The van der Waals surface area contributed by atoms with E-state index in [2.05, 4.69) is 95.8 Å². The normalized spacial score (nSPS) is 14.0. The Labute approximate surface area is 146 Å². The molecule has 2 nitrogen and oxygen atoms in total. The van der Waals surface area contributed by atoms with Crippen LogP contribution in [-0.2, 0) is 10.8 Å². The highest BCUT2D eigenvalue weighted by molar-refractivity contribution is 5.38. The van der Waals surface area contributed by atoms with Crippen LogP contribution in [0.3, 0.4) is 0 Å². The monoisotopic (exact) mass is 326 g/mol. The van der Waals surface area contributed by atoms with Gasteiger partial charge in [-0.3, -0.25) is 0 Å². The van der Waals surface area contributed by atoms with Crippen LogP contribution in [0.5, 0.6) is 0 Å². The number of quaternary nitrogens is 1. The second-order valence-electron chi connectivity index (χ2n) is 8.79. The van der Waals surface area contributed by atoms with Gasteiger partial charge in [-0.25, -0.2) is 0 Å². The lowest BCUT2D eigenvalue weighted by molar-refractivity contribution is -0.485. The van der Waals surface area contributed by atoms with Gasteiger partial charge < -0.3 is 10.8 Å². The van der Waals surface area contributed by atoms with E-state index in [9.17, 15) is 5.11 Å². The van der Waals surface area contributed by atoms with Crippen molar-refractivity contribution in [3.05, 3.63) is 70.8 Å². The predicted octanol–water partition coefficient (Wildman–Crippen LogP) is 3.97. The van der Waals surface area contributed by atoms with Crippen LogP contribution in [0, 0.1) is 0 Å². The van der Waals surface area contributed by atoms with Gasteiger partial charge in [-0.1, -0.05) is 90.1 Å². The third kappa shape index (κ3) is 4.25. The number of hydrogen-bond donors (Lipinski definition) is 2. The van der Waals surface area contributed by atoms with Gasteiger partial charge in [-0.2, -0.15) is 0 Å². The molecule has 2 rings (SSSR count). The van der Waals surface area contributed by atoms with Crippen molar-refractivity contribution in [2.75, 3.05) is 0 Å². The fraction of sp³-hybridized carbons (Fsp3) is 0.455. The molecule has 2 aromatic rings. The van der Waals surface area contributed by atoms with Crippen LogP contribution in [0.4, 0.5) is 0 Å². The maximum Gasteiger partial charge on any atom is 0.197 e. The molecule has 0 aliphatic rings. The van der Waals surface area contributed by atoms with Crippen molar-refractivity contribution >= 4 is 0 Å². The van der Waals surface area contributed by atoms with Crippen molar-refractivity contribution in [1.29, 1.82) is 0 Å². The Hall–Kier alpha value is -1.64. The van der Waals surface area contributed by atoms with Gasteiger partial charge in [0, 0.05) is 0 Å². The minimum Gasteiger partial charge on any atom is -0.344 e. The first-order chi connectivity index (χ1) is 11.0. The van der Waals surface area contributed by atoms with Crippen LogP contribution in [0.2, 0.25) is 0 Å². The number of aliphatic hydroxyl groups is 1. The minimum atomic E-state index is -0.675. The molecule has 0 saturated carbocycles. The van der Waals surface area contributed by atoms with E-state index in [0.29, 0.717) is 0 Å². The van der Waals surface area contributed by atoms with Crippen molar-refractivity contribution < 1.29 is 10.8 Å². The van der Waals surface area contributed by atoms with Gasteiger partial charge in [0.1, 0.15) is 0 Å². The van der Waals surface area contributed by atoms with Crippen LogP contribution in [0.15, 0.2) is 48.5 Å². The third-order valence-corrected chi connectivity index (χ3v) is 4.66. The average molecular weight is 327 g/mol. The summed E-state index contributed by atoms with van der Waals surface area (Å²) < 4.78 is 0. The Morgan fingerprint density at radius 3 is 1.17 bits per heavy atom. The molecule has 0 fully saturated rings. The summed E-state index contributed by atoms with van der Waals surface area (Å²) >= 11 is 0. The van der Waals surface area contributed by atoms with Crippen molar-refractivity contribution in [2.45, 2.75) is 64.5 Å². The highest BCUT2D eigenvalue weighted by atomic mass is 16.3. The lowest BCUT2D eigenvalue weighted by Crippen LogP contribution is -2.63. The van der Waals surface area contributed by atoms with E-state index >= 15 is 0 Å². The van der Waals surface area contributed by atoms with Crippen molar-refractivity contribution in [3.63, 3.8) is 0 Å². The van der Waals surface area contributed by atoms with Crippen LogP contribution in [-0.4, -0.2) is 11.3 Å². The van der Waals surface area contributed by atoms with Gasteiger partial charge in [0.05, 0.1) is 5.92 Å². The molecule has 0 aromatic heterocycles. The fourth-order valence-electron chi connectivity index (χ4n) is 3.02. The highest BCUT2D eigenvalue weighted by Crippen LogP contribution is 2.31. The molecular weight excluding hydrogens is 294 g/mol. The van der Waals surface area contributed by atoms with Crippen molar-refractivity contribution in [1.82, 2.24) is 0 Å². The Kier molecular flexibility index (Phi) is 5.22. The molecule has 0 aliphatic heterocycles. The summed E-state index contributed by atoms with van der Waals surface area (Å²) in [5.41, 5.74) is 8.96. The first-order valence-corrected chi connectivity index (χ1v) is 8.72. The maximum atomic E-state index is 10.3. The van der Waals surface area contributed by atoms with Gasteiger partial charge in [0.2, 0.25) is 0 Å². The van der Waals surface area contributed by atoms with Crippen LogP contribution in [0.25, 0.3) is 0 Å². The van der Waals surface area contributed by atoms with Gasteiger partial charge in [-0.05, 0) is 33.1 Å². The smallest absolute Gasteiger partial charge is 0.197 e. The topological polar surface area (TPSA) is 47.9 Å². The van der Waals surface area contributed by atoms with E-state index in [0.717, 1.165) is 11.1 Å². The summed E-state index contributed by atoms with van der Waals surface area (Å²) in [6.45, 7) is 13.3. The molecule has 0 heterocycles. The van der Waals surface area contributed by atoms with Gasteiger partial charge in [0.15, 0.2) is 6.23 Å². The van der Waals surface area contributed by atoms with Crippen LogP contribution < -0.4 is 5.73 Å². The van der Waals surface area contributed by atoms with Gasteiger partial charge in [0.25, 0.3) is 0 Å². The quantitative estimate of drug-likeness (QED) is 0.824. The lowest BCUT2D eigenvalue weighted by Gasteiger charge is -2.23. The van der Waals surface area contributed by atoms with E-state index in [4.69, 9.17) is 0 Å². The summed E-state index contributed by atoms with van der Waals surface area (Å²) in [5, 5.41) is 10.3. The maximum absolute atomic E-state index is 10.3. The SMILES string of the molecule is CC(C)(C)c1ccc(C(c2ccc(C(C)(C)C)cc2)C([NH3+])O)cc1. The molecule has 0 spiro atoms. The molecule has 1 unspecified atom stereocenters. The number of aliphatic hydroxyl groups excluding tert-OH is 1. The molecule has 130 valence electrons. The van der Waals surface area contributed by atoms with E-state index in [1.807, 2.05) is 0 Å². The second-order valence-corrected chi connectivity index (χ2v) is 8.79. The number of rotatable bonds is 3. The standard InChI is InChI=1S/C22H31NO/c1-21(2,3)17-11-7-15(8-12-17)19(20(23)24)16-9-13-18(14-10-16)22(4,5)6/h7-14,19-20,24H,23H2,1-6H3/p+1. The Morgan fingerprint density at radius 2 is 0.958 bits per heavy atom. The minimum absolute atomic E-state index is 0.104. The zero-order valence-electron chi connectivity index (χ0n) is 15.9. The molecule has 1 atom stereocenters. The van der Waals surface area contributed by atoms with Crippen LogP contribution in [0.1, 0.15) is 69.7 Å². The van der Waals surface area contributed by atoms with E-state index < -0.39 is 6.23 Å². The second kappa shape index (κ2) is 6.70. The predicted molar refractivity (Wildman–Crippen MR) is 101 cm³/mol. The molecule has 24 heavy (non-hydrogen) atoms. The Morgan fingerprint density at radius 1 is 0.667 bits per heavy atom. The zero-order valence-corrected chi connectivity index (χ0v) is 15.9. The zero-order chi connectivity index (χ0) is 18.1. The van der Waals surface area contributed by atoms with E-state index in [1.165, 1.54) is 11.1 Å². The molecule has 2 aromatic carbocycles. The van der Waals surface area contributed by atoms with Crippen molar-refractivity contribution in [2.24, 2.45) is 0 Å². The molecule has 0 saturated heterocycles. The molecule has 0 aliphatic carbocycles. The van der Waals surface area contributed by atoms with E-state index in [1.54, 1.807) is 0 Å². The largest absolute Gasteiger partial charge is 0.344 e. The average Bonchev–Trinajstić information content (AvgIpc) is 2.46. The molecule has 2 heteroatoms. The van der Waals surface area contributed by atoms with E-state index in [-0.39, 0.29) is 16.7 Å².